The van der Waals surface area contributed by atoms with Gasteiger partial charge in [0.1, 0.15) is 5.75 Å². The highest BCUT2D eigenvalue weighted by Crippen LogP contribution is 2.32. The number of rotatable bonds is 4. The molecular weight excluding hydrogens is 325 g/mol. The topological polar surface area (TPSA) is 9.23 Å². The fraction of sp³-hybridized carbons (Fsp3) is 0.111. The minimum absolute atomic E-state index is 0.285. The lowest BCUT2D eigenvalue weighted by atomic mass is 10.1. The highest BCUT2D eigenvalue weighted by Gasteiger charge is 2.31. The number of alkyl halides is 3. The summed E-state index contributed by atoms with van der Waals surface area (Å²) in [5.41, 5.74) is 0.217. The summed E-state index contributed by atoms with van der Waals surface area (Å²) in [7, 11) is 1.38. The Labute approximate surface area is 137 Å². The fourth-order valence-electron chi connectivity index (χ4n) is 1.95. The van der Waals surface area contributed by atoms with E-state index in [1.807, 2.05) is 0 Å². The van der Waals surface area contributed by atoms with E-state index in [2.05, 4.69) is 0 Å². The van der Waals surface area contributed by atoms with Crippen molar-refractivity contribution in [2.45, 2.75) is 6.18 Å². The Hall–Kier alpha value is -2.20. The zero-order chi connectivity index (χ0) is 16.9. The van der Waals surface area contributed by atoms with E-state index in [0.29, 0.717) is 16.1 Å². The van der Waals surface area contributed by atoms with E-state index in [-0.39, 0.29) is 5.75 Å². The van der Waals surface area contributed by atoms with Crippen LogP contribution in [0.4, 0.5) is 13.2 Å². The van der Waals surface area contributed by atoms with Crippen molar-refractivity contribution in [3.8, 4) is 5.75 Å². The maximum atomic E-state index is 13.2. The Kier molecular flexibility index (Phi) is 5.50. The van der Waals surface area contributed by atoms with Gasteiger partial charge in [0.15, 0.2) is 0 Å². The molecule has 0 unspecified atom stereocenters. The zero-order valence-electron chi connectivity index (χ0n) is 12.3. The van der Waals surface area contributed by atoms with Crippen molar-refractivity contribution in [2.24, 2.45) is 0 Å². The third-order valence-electron chi connectivity index (χ3n) is 3.09. The van der Waals surface area contributed by atoms with Crippen molar-refractivity contribution in [1.29, 1.82) is 0 Å². The number of benzene rings is 2. The number of hydrogen-bond donors (Lipinski definition) is 0. The molecule has 0 radical (unpaired) electrons. The first kappa shape index (κ1) is 17.2. The second-order valence-corrected chi connectivity index (χ2v) is 5.16. The molecule has 2 aromatic carbocycles. The van der Waals surface area contributed by atoms with Crippen LogP contribution in [0.25, 0.3) is 12.2 Å². The van der Waals surface area contributed by atoms with E-state index in [9.17, 15) is 13.2 Å². The van der Waals surface area contributed by atoms with Gasteiger partial charge >= 0.3 is 6.18 Å². The van der Waals surface area contributed by atoms with E-state index in [4.69, 9.17) is 16.3 Å². The van der Waals surface area contributed by atoms with Crippen molar-refractivity contribution in [3.05, 3.63) is 76.3 Å². The van der Waals surface area contributed by atoms with Crippen LogP contribution in [0.5, 0.6) is 5.75 Å². The maximum absolute atomic E-state index is 13.2. The lowest BCUT2D eigenvalue weighted by Crippen LogP contribution is -2.09. The molecule has 5 heteroatoms. The van der Waals surface area contributed by atoms with Gasteiger partial charge in [-0.1, -0.05) is 48.0 Å². The van der Waals surface area contributed by atoms with Crippen LogP contribution in [0.2, 0.25) is 5.02 Å². The summed E-state index contributed by atoms with van der Waals surface area (Å²) < 4.78 is 44.8. The summed E-state index contributed by atoms with van der Waals surface area (Å²) in [4.78, 5) is 0. The van der Waals surface area contributed by atoms with E-state index in [1.54, 1.807) is 30.3 Å². The Morgan fingerprint density at radius 1 is 1.09 bits per heavy atom. The van der Waals surface area contributed by atoms with Gasteiger partial charge in [0.2, 0.25) is 0 Å². The normalized spacial score (nSPS) is 12.7. The summed E-state index contributed by atoms with van der Waals surface area (Å²) in [5, 5.41) is 0.396. The number of methoxy groups -OCH3 is 1. The molecule has 0 aliphatic heterocycles. The molecule has 0 spiro atoms. The molecule has 2 aromatic rings. The number of halogens is 4. The fourth-order valence-corrected chi connectivity index (χ4v) is 2.11. The van der Waals surface area contributed by atoms with Gasteiger partial charge < -0.3 is 4.74 Å². The van der Waals surface area contributed by atoms with E-state index in [1.165, 1.54) is 31.4 Å². The molecular formula is C18H14ClF3O. The van der Waals surface area contributed by atoms with Gasteiger partial charge in [-0.2, -0.15) is 13.2 Å². The van der Waals surface area contributed by atoms with Crippen LogP contribution < -0.4 is 4.74 Å². The summed E-state index contributed by atoms with van der Waals surface area (Å²) in [6.07, 6.45) is -0.977. The van der Waals surface area contributed by atoms with E-state index >= 15 is 0 Å². The predicted octanol–water partition coefficient (Wildman–Crippen LogP) is 6.01. The monoisotopic (exact) mass is 338 g/mol. The molecule has 0 aliphatic carbocycles. The minimum atomic E-state index is -4.48. The van der Waals surface area contributed by atoms with Gasteiger partial charge in [-0.25, -0.2) is 0 Å². The molecule has 23 heavy (non-hydrogen) atoms. The Morgan fingerprint density at radius 2 is 1.78 bits per heavy atom. The molecule has 0 atom stereocenters. The van der Waals surface area contributed by atoms with Crippen LogP contribution in [0, 0.1) is 0 Å². The second kappa shape index (κ2) is 7.38. The van der Waals surface area contributed by atoms with E-state index in [0.717, 1.165) is 12.2 Å². The van der Waals surface area contributed by atoms with Crippen LogP contribution in [-0.4, -0.2) is 13.3 Å². The van der Waals surface area contributed by atoms with Crippen molar-refractivity contribution in [3.63, 3.8) is 0 Å². The predicted molar refractivity (Wildman–Crippen MR) is 87.5 cm³/mol. The second-order valence-electron chi connectivity index (χ2n) is 4.73. The first-order chi connectivity index (χ1) is 10.9. The van der Waals surface area contributed by atoms with Crippen molar-refractivity contribution in [1.82, 2.24) is 0 Å². The molecule has 0 heterocycles. The molecule has 0 saturated carbocycles. The maximum Gasteiger partial charge on any atom is 0.416 e. The van der Waals surface area contributed by atoms with Crippen LogP contribution >= 0.6 is 11.6 Å². The Bertz CT molecular complexity index is 719. The van der Waals surface area contributed by atoms with Gasteiger partial charge in [-0.15, -0.1) is 0 Å². The number of ether oxygens (including phenoxy) is 1. The van der Waals surface area contributed by atoms with Gasteiger partial charge in [0, 0.05) is 10.6 Å². The zero-order valence-corrected chi connectivity index (χ0v) is 13.0. The third-order valence-corrected chi connectivity index (χ3v) is 3.32. The Balaban J connectivity index is 2.42. The molecule has 0 N–H and O–H groups in total. The lowest BCUT2D eigenvalue weighted by molar-refractivity contribution is -0.0872. The van der Waals surface area contributed by atoms with Crippen LogP contribution in [-0.2, 0) is 0 Å². The quantitative estimate of drug-likeness (QED) is 0.620. The van der Waals surface area contributed by atoms with Crippen LogP contribution in [0.3, 0.4) is 0 Å². The van der Waals surface area contributed by atoms with Crippen LogP contribution in [0.1, 0.15) is 11.1 Å². The summed E-state index contributed by atoms with van der Waals surface area (Å²) in [6.45, 7) is 0. The smallest absolute Gasteiger partial charge is 0.416 e. The van der Waals surface area contributed by atoms with E-state index < -0.39 is 11.7 Å². The first-order valence-corrected chi connectivity index (χ1v) is 7.13. The largest absolute Gasteiger partial charge is 0.496 e. The average molecular weight is 339 g/mol. The number of hydrogen-bond acceptors (Lipinski definition) is 1. The third kappa shape index (κ3) is 4.89. The standard InChI is InChI=1S/C18H14ClF3O/c1-23-17-12-16(19)10-8-14(17)11-15(18(20,21)22)9-7-13-5-3-2-4-6-13/h2-12H,1H3/b9-7+,15-11+. The van der Waals surface area contributed by atoms with Crippen molar-refractivity contribution < 1.29 is 17.9 Å². The highest BCUT2D eigenvalue weighted by molar-refractivity contribution is 6.30. The highest BCUT2D eigenvalue weighted by atomic mass is 35.5. The summed E-state index contributed by atoms with van der Waals surface area (Å²) >= 11 is 5.83. The van der Waals surface area contributed by atoms with Gasteiger partial charge in [0.25, 0.3) is 0 Å². The molecule has 2 rings (SSSR count). The molecule has 120 valence electrons. The van der Waals surface area contributed by atoms with Gasteiger partial charge in [-0.05, 0) is 35.9 Å². The lowest BCUT2D eigenvalue weighted by Gasteiger charge is -2.10. The molecule has 0 bridgehead atoms. The molecule has 0 aromatic heterocycles. The molecule has 0 amide bonds. The van der Waals surface area contributed by atoms with Crippen molar-refractivity contribution in [2.75, 3.05) is 7.11 Å². The summed E-state index contributed by atoms with van der Waals surface area (Å²) in [6, 6.07) is 13.3. The SMILES string of the molecule is COc1cc(Cl)ccc1/C=C(\C=C\c1ccccc1)C(F)(F)F. The van der Waals surface area contributed by atoms with Gasteiger partial charge in [-0.3, -0.25) is 0 Å². The summed E-state index contributed by atoms with van der Waals surface area (Å²) in [5.74, 6) is 0.285. The molecule has 0 fully saturated rings. The molecule has 0 aliphatic rings. The Morgan fingerprint density at radius 3 is 2.39 bits per heavy atom. The average Bonchev–Trinajstić information content (AvgIpc) is 2.52. The van der Waals surface area contributed by atoms with Gasteiger partial charge in [0.05, 0.1) is 12.7 Å². The van der Waals surface area contributed by atoms with Crippen LogP contribution in [0.15, 0.2) is 60.2 Å². The molecule has 1 nitrogen and oxygen atoms in total. The van der Waals surface area contributed by atoms with Crippen molar-refractivity contribution >= 4 is 23.8 Å². The molecule has 0 saturated heterocycles. The minimum Gasteiger partial charge on any atom is -0.496 e. The number of allylic oxidation sites excluding steroid dienone is 2. The first-order valence-electron chi connectivity index (χ1n) is 6.76.